The van der Waals surface area contributed by atoms with E-state index in [1.54, 1.807) is 54.4 Å². The molecule has 1 aromatic heterocycles. The zero-order valence-corrected chi connectivity index (χ0v) is 45.2. The molecule has 422 valence electrons. The van der Waals surface area contributed by atoms with Gasteiger partial charge in [0.2, 0.25) is 41.4 Å². The van der Waals surface area contributed by atoms with Crippen molar-refractivity contribution in [3.63, 3.8) is 0 Å². The van der Waals surface area contributed by atoms with Gasteiger partial charge in [-0.1, -0.05) is 54.3 Å². The summed E-state index contributed by atoms with van der Waals surface area (Å²) in [5.41, 5.74) is 2.56. The molecule has 1 unspecified atom stereocenters. The number of alkyl halides is 2. The van der Waals surface area contributed by atoms with Gasteiger partial charge < -0.3 is 51.1 Å². The van der Waals surface area contributed by atoms with Gasteiger partial charge >= 0.3 is 13.3 Å². The Labute approximate surface area is 462 Å². The van der Waals surface area contributed by atoms with Crippen LogP contribution >= 0.6 is 18.9 Å². The van der Waals surface area contributed by atoms with Crippen molar-refractivity contribution in [1.82, 2.24) is 40.9 Å². The summed E-state index contributed by atoms with van der Waals surface area (Å²) in [4.78, 5) is 146. The number of carbonyl (C=O) groups is 9. The molecule has 5 aliphatic heterocycles. The van der Waals surface area contributed by atoms with Crippen LogP contribution in [0.5, 0.6) is 0 Å². The van der Waals surface area contributed by atoms with Crippen LogP contribution in [0, 0.1) is 17.8 Å². The van der Waals surface area contributed by atoms with E-state index in [0.717, 1.165) is 23.5 Å². The van der Waals surface area contributed by atoms with Gasteiger partial charge in [-0.05, 0) is 105 Å². The molecule has 25 heteroatoms. The van der Waals surface area contributed by atoms with Gasteiger partial charge in [0, 0.05) is 72.4 Å². The highest BCUT2D eigenvalue weighted by atomic mass is 32.1. The number of rotatable bonds is 15. The van der Waals surface area contributed by atoms with E-state index in [0.29, 0.717) is 72.3 Å². The minimum absolute atomic E-state index is 0.0304. The minimum atomic E-state index is -5.87. The maximum atomic E-state index is 14.6. The molecule has 8 N–H and O–H groups in total. The van der Waals surface area contributed by atoms with Crippen LogP contribution in [-0.2, 0) is 50.3 Å². The van der Waals surface area contributed by atoms with Crippen molar-refractivity contribution >= 4 is 82.2 Å². The number of imide groups is 1. The fourth-order valence-corrected chi connectivity index (χ4v) is 12.5. The highest BCUT2D eigenvalue weighted by Gasteiger charge is 2.51. The Bertz CT molecular complexity index is 3270. The SMILES string of the molecule is CN1CC[C@H]2CC[C@@H](C(=O)N[C@@H](CCC(N)=O)C(=O)N[C@H](CC(=O)N3CCC(C#Cc4cccc5c4CN(C4CCC(=O)NC4=O)C5=O)CC3)c3ccccc3)N2C(=O)[C@@H](NC(=O)c2cc3cc(C(F)(F)P(=O)(O)O)ccc3s2)C1. The smallest absolute Gasteiger partial charge is 0.370 e. The Morgan fingerprint density at radius 1 is 0.912 bits per heavy atom. The molecule has 0 spiro atoms. The van der Waals surface area contributed by atoms with Gasteiger partial charge in [0.1, 0.15) is 24.2 Å². The van der Waals surface area contributed by atoms with E-state index in [4.69, 9.17) is 5.73 Å². The average Bonchev–Trinajstić information content (AvgIpc) is 4.23. The molecule has 0 aliphatic carbocycles. The van der Waals surface area contributed by atoms with E-state index in [1.807, 2.05) is 11.0 Å². The van der Waals surface area contributed by atoms with E-state index in [9.17, 15) is 66.3 Å². The molecule has 21 nitrogen and oxygen atoms in total. The van der Waals surface area contributed by atoms with Gasteiger partial charge in [0.25, 0.3) is 11.8 Å². The number of primary amides is 1. The van der Waals surface area contributed by atoms with Crippen LogP contribution in [0.3, 0.4) is 0 Å². The standard InChI is InChI=1S/C55H60F2N9O12PS/c1-63-23-22-36-13-15-43(66(36)54(75)41(30-63)61-52(73)45-27-34-26-35(12-17-44(34)80-45)55(56,57)79(76,77)78)51(72)59-39(14-18-46(58)67)49(70)60-40(33-6-3-2-4-7-33)28-48(69)64-24-20-31(21-25-64)10-11-32-8-5-9-37-38(32)29-65(53(37)74)42-16-19-47(68)62-50(42)71/h2-9,12,17,26-27,31,36,39-43H,13-16,18-25,28-30H2,1H3,(H2,58,67)(H,59,72)(H,60,70)(H,61,73)(H,62,68,71)(H2,76,77,78)/t36-,39+,40-,41+,42?,43+/m1/s1. The highest BCUT2D eigenvalue weighted by molar-refractivity contribution is 7.52. The fourth-order valence-electron chi connectivity index (χ4n) is 11.1. The summed E-state index contributed by atoms with van der Waals surface area (Å²) in [5.74, 6) is 1.65. The summed E-state index contributed by atoms with van der Waals surface area (Å²) in [7, 11) is -4.10. The zero-order chi connectivity index (χ0) is 57.2. The van der Waals surface area contributed by atoms with Gasteiger partial charge in [-0.2, -0.15) is 8.78 Å². The lowest BCUT2D eigenvalue weighted by molar-refractivity contribution is -0.144. The van der Waals surface area contributed by atoms with Crippen LogP contribution in [0.25, 0.3) is 10.1 Å². The number of hydrogen-bond donors (Lipinski definition) is 7. The van der Waals surface area contributed by atoms with Gasteiger partial charge in [-0.25, -0.2) is 0 Å². The number of halogens is 2. The zero-order valence-electron chi connectivity index (χ0n) is 43.5. The molecule has 9 amide bonds. The molecule has 4 aromatic rings. The number of carbonyl (C=O) groups excluding carboxylic acids is 9. The van der Waals surface area contributed by atoms with E-state index in [2.05, 4.69) is 33.1 Å². The molecular formula is C55H60F2N9O12PS. The Morgan fingerprint density at radius 2 is 1.66 bits per heavy atom. The largest absolute Gasteiger partial charge is 0.399 e. The van der Waals surface area contributed by atoms with Crippen molar-refractivity contribution in [2.45, 2.75) is 113 Å². The lowest BCUT2D eigenvalue weighted by atomic mass is 9.95. The fraction of sp³-hybridized carbons (Fsp3) is 0.436. The van der Waals surface area contributed by atoms with Crippen molar-refractivity contribution in [2.24, 2.45) is 11.7 Å². The van der Waals surface area contributed by atoms with Crippen molar-refractivity contribution in [1.29, 1.82) is 0 Å². The average molecular weight is 1140 g/mol. The number of nitrogens with one attached hydrogen (secondary N) is 4. The number of hydrogen-bond acceptors (Lipinski definition) is 12. The first kappa shape index (κ1) is 57.3. The van der Waals surface area contributed by atoms with E-state index in [1.165, 1.54) is 21.9 Å². The van der Waals surface area contributed by atoms with Crippen molar-refractivity contribution in [2.75, 3.05) is 33.2 Å². The van der Waals surface area contributed by atoms with Crippen molar-refractivity contribution < 1.29 is 66.3 Å². The quantitative estimate of drug-likeness (QED) is 0.0513. The van der Waals surface area contributed by atoms with Gasteiger partial charge in [0.05, 0.1) is 17.3 Å². The van der Waals surface area contributed by atoms with E-state index in [-0.39, 0.29) is 85.5 Å². The third kappa shape index (κ3) is 12.5. The predicted molar refractivity (Wildman–Crippen MR) is 286 cm³/mol. The normalized spacial score (nSPS) is 21.8. The van der Waals surface area contributed by atoms with Crippen LogP contribution < -0.4 is 27.0 Å². The maximum Gasteiger partial charge on any atom is 0.399 e. The van der Waals surface area contributed by atoms with Crippen LogP contribution in [0.2, 0.25) is 0 Å². The number of piperidine rings is 2. The Balaban J connectivity index is 0.843. The highest BCUT2D eigenvalue weighted by Crippen LogP contribution is 2.59. The summed E-state index contributed by atoms with van der Waals surface area (Å²) < 4.78 is 41.0. The molecule has 6 heterocycles. The molecule has 3 aromatic carbocycles. The molecule has 0 radical (unpaired) electrons. The van der Waals surface area contributed by atoms with Crippen LogP contribution in [-0.4, -0.2) is 146 Å². The molecule has 6 atom stereocenters. The topological polar surface area (TPSA) is 298 Å². The van der Waals surface area contributed by atoms with Gasteiger partial charge in [0.15, 0.2) is 0 Å². The Morgan fingerprint density at radius 3 is 2.38 bits per heavy atom. The molecule has 4 saturated heterocycles. The van der Waals surface area contributed by atoms with Gasteiger partial charge in [-0.3, -0.25) is 53.0 Å². The second kappa shape index (κ2) is 23.7. The first-order valence-electron chi connectivity index (χ1n) is 26.3. The minimum Gasteiger partial charge on any atom is -0.370 e. The number of likely N-dealkylation sites (N-methyl/N-ethyl adjacent to an activating group) is 1. The molecule has 4 fully saturated rings. The first-order valence-corrected chi connectivity index (χ1v) is 28.8. The van der Waals surface area contributed by atoms with Crippen LogP contribution in [0.15, 0.2) is 72.8 Å². The number of thiophene rings is 1. The number of benzene rings is 3. The molecular weight excluding hydrogens is 1080 g/mol. The Hall–Kier alpha value is -7.42. The van der Waals surface area contributed by atoms with Crippen LogP contribution in [0.4, 0.5) is 8.78 Å². The summed E-state index contributed by atoms with van der Waals surface area (Å²) >= 11 is 0.921. The van der Waals surface area contributed by atoms with Gasteiger partial charge in [-0.15, -0.1) is 11.3 Å². The molecule has 9 rings (SSSR count). The number of nitrogens with zero attached hydrogens (tertiary/aromatic N) is 4. The first-order chi connectivity index (χ1) is 38.1. The summed E-state index contributed by atoms with van der Waals surface area (Å²) in [6.07, 6.45) is 1.94. The second-order valence-electron chi connectivity index (χ2n) is 20.9. The number of amides is 9. The monoisotopic (exact) mass is 1140 g/mol. The maximum absolute atomic E-state index is 14.6. The Kier molecular flexibility index (Phi) is 17.0. The van der Waals surface area contributed by atoms with E-state index < -0.39 is 90.5 Å². The summed E-state index contributed by atoms with van der Waals surface area (Å²) in [5, 5.41) is 10.9. The third-order valence-electron chi connectivity index (χ3n) is 15.5. The number of nitrogens with two attached hydrogens (primary N) is 1. The second-order valence-corrected chi connectivity index (χ2v) is 23.6. The van der Waals surface area contributed by atoms with Crippen molar-refractivity contribution in [3.05, 3.63) is 105 Å². The molecule has 0 bridgehead atoms. The van der Waals surface area contributed by atoms with E-state index >= 15 is 0 Å². The number of likely N-dealkylation sites (tertiary alicyclic amines) is 1. The predicted octanol–water partition coefficient (Wildman–Crippen LogP) is 2.97. The lowest BCUT2D eigenvalue weighted by Gasteiger charge is -2.38. The van der Waals surface area contributed by atoms with Crippen molar-refractivity contribution in [3.8, 4) is 11.8 Å². The third-order valence-corrected chi connectivity index (χ3v) is 17.6. The molecule has 80 heavy (non-hydrogen) atoms. The summed E-state index contributed by atoms with van der Waals surface area (Å²) in [6.45, 7) is 1.46. The summed E-state index contributed by atoms with van der Waals surface area (Å²) in [6, 6.07) is 12.6. The molecule has 5 aliphatic rings. The molecule has 0 saturated carbocycles. The van der Waals surface area contributed by atoms with Crippen LogP contribution in [0.1, 0.15) is 113 Å². The number of fused-ring (bicyclic) bond motifs is 3. The lowest BCUT2D eigenvalue weighted by Crippen LogP contribution is -2.61.